The van der Waals surface area contributed by atoms with Crippen molar-refractivity contribution >= 4 is 5.91 Å². The summed E-state index contributed by atoms with van der Waals surface area (Å²) in [6.07, 6.45) is 6.95. The number of aromatic nitrogens is 3. The van der Waals surface area contributed by atoms with Crippen LogP contribution < -0.4 is 0 Å². The highest BCUT2D eigenvalue weighted by atomic mass is 16.5. The highest BCUT2D eigenvalue weighted by molar-refractivity contribution is 5.79. The molecular weight excluding hydrogens is 344 g/mol. The van der Waals surface area contributed by atoms with E-state index in [0.29, 0.717) is 25.0 Å². The predicted octanol–water partition coefficient (Wildman–Crippen LogP) is 2.57. The minimum absolute atomic E-state index is 0.131. The summed E-state index contributed by atoms with van der Waals surface area (Å²) in [7, 11) is 0. The van der Waals surface area contributed by atoms with E-state index in [9.17, 15) is 4.79 Å². The first-order valence-corrected chi connectivity index (χ1v) is 9.73. The van der Waals surface area contributed by atoms with Crippen LogP contribution in [0.5, 0.6) is 0 Å². The molecule has 2 fully saturated rings. The number of ether oxygens (including phenoxy) is 1. The van der Waals surface area contributed by atoms with Crippen molar-refractivity contribution in [2.45, 2.75) is 39.5 Å². The Morgan fingerprint density at radius 2 is 1.96 bits per heavy atom. The van der Waals surface area contributed by atoms with E-state index in [1.807, 2.05) is 18.7 Å². The Morgan fingerprint density at radius 1 is 1.19 bits per heavy atom. The van der Waals surface area contributed by atoms with Crippen LogP contribution in [-0.4, -0.2) is 52.2 Å². The Hall–Kier alpha value is -2.28. The van der Waals surface area contributed by atoms with Crippen LogP contribution in [0.15, 0.2) is 16.9 Å². The van der Waals surface area contributed by atoms with Crippen molar-refractivity contribution in [3.63, 3.8) is 0 Å². The maximum atomic E-state index is 12.8. The molecule has 7 nitrogen and oxygen atoms in total. The van der Waals surface area contributed by atoms with Crippen molar-refractivity contribution in [3.8, 4) is 11.3 Å². The lowest BCUT2D eigenvalue weighted by atomic mass is 9.97. The third kappa shape index (κ3) is 3.74. The summed E-state index contributed by atoms with van der Waals surface area (Å²) >= 11 is 0. The third-order valence-corrected chi connectivity index (χ3v) is 5.69. The molecule has 0 N–H and O–H groups in total. The molecule has 1 amide bonds. The normalized spacial score (nSPS) is 21.0. The zero-order valence-corrected chi connectivity index (χ0v) is 16.0. The molecule has 0 spiro atoms. The monoisotopic (exact) mass is 370 g/mol. The fourth-order valence-corrected chi connectivity index (χ4v) is 4.22. The molecule has 2 aliphatic rings. The van der Waals surface area contributed by atoms with E-state index in [1.54, 1.807) is 12.4 Å². The first kappa shape index (κ1) is 18.1. The molecule has 0 saturated carbocycles. The molecular formula is C20H26N4O3. The smallest absolute Gasteiger partial charge is 0.225 e. The molecule has 2 aromatic heterocycles. The van der Waals surface area contributed by atoms with E-state index < -0.39 is 0 Å². The predicted molar refractivity (Wildman–Crippen MR) is 98.9 cm³/mol. The highest BCUT2D eigenvalue weighted by Crippen LogP contribution is 2.30. The molecule has 0 radical (unpaired) electrons. The number of likely N-dealkylation sites (tertiary alicyclic amines) is 1. The van der Waals surface area contributed by atoms with Crippen LogP contribution in [0, 0.1) is 25.7 Å². The van der Waals surface area contributed by atoms with Crippen molar-refractivity contribution in [2.75, 3.05) is 26.3 Å². The molecule has 0 aliphatic carbocycles. The minimum Gasteiger partial charge on any atom is -0.381 e. The second kappa shape index (κ2) is 7.76. The van der Waals surface area contributed by atoms with Gasteiger partial charge in [0.05, 0.1) is 22.6 Å². The molecule has 2 aliphatic heterocycles. The Morgan fingerprint density at radius 3 is 2.70 bits per heavy atom. The van der Waals surface area contributed by atoms with Gasteiger partial charge in [-0.05, 0) is 45.4 Å². The summed E-state index contributed by atoms with van der Waals surface area (Å²) in [5, 5.41) is 4.05. The van der Waals surface area contributed by atoms with E-state index >= 15 is 0 Å². The number of carbonyl (C=O) groups excluding carboxylic acids is 1. The first-order chi connectivity index (χ1) is 13.1. The molecule has 2 saturated heterocycles. The van der Waals surface area contributed by atoms with Crippen molar-refractivity contribution in [2.24, 2.45) is 11.8 Å². The Kier molecular flexibility index (Phi) is 5.20. The molecule has 4 rings (SSSR count). The van der Waals surface area contributed by atoms with Gasteiger partial charge in [-0.25, -0.2) is 0 Å². The molecule has 1 atom stereocenters. The highest BCUT2D eigenvalue weighted by Gasteiger charge is 2.32. The fraction of sp³-hybridized carbons (Fsp3) is 0.600. The lowest BCUT2D eigenvalue weighted by Gasteiger charge is -2.26. The number of carbonyl (C=O) groups is 1. The topological polar surface area (TPSA) is 81.4 Å². The van der Waals surface area contributed by atoms with Gasteiger partial charge in [0.1, 0.15) is 5.76 Å². The van der Waals surface area contributed by atoms with Gasteiger partial charge in [0.15, 0.2) is 0 Å². The Labute approximate surface area is 159 Å². The molecule has 144 valence electrons. The van der Waals surface area contributed by atoms with Gasteiger partial charge in [-0.3, -0.25) is 14.8 Å². The maximum absolute atomic E-state index is 12.8. The molecule has 27 heavy (non-hydrogen) atoms. The van der Waals surface area contributed by atoms with E-state index in [1.165, 1.54) is 0 Å². The standard InChI is InChI=1S/C20H26N4O3/c1-13-18(14(2)27-23-13)19-17(21-6-7-22-19)11-15-3-8-24(12-15)20(25)16-4-9-26-10-5-16/h6-7,15-16H,3-5,8-12H2,1-2H3/t15-/m1/s1. The SMILES string of the molecule is Cc1noc(C)c1-c1nccnc1C[C@H]1CCN(C(=O)C2CCOCC2)C1. The van der Waals surface area contributed by atoms with E-state index in [-0.39, 0.29) is 5.92 Å². The van der Waals surface area contributed by atoms with E-state index in [0.717, 1.165) is 67.2 Å². The molecule has 0 bridgehead atoms. The number of rotatable bonds is 4. The van der Waals surface area contributed by atoms with Crippen molar-refractivity contribution in [1.82, 2.24) is 20.0 Å². The Bertz CT molecular complexity index is 794. The molecule has 7 heteroatoms. The second-order valence-electron chi connectivity index (χ2n) is 7.58. The van der Waals surface area contributed by atoms with E-state index in [2.05, 4.69) is 15.1 Å². The van der Waals surface area contributed by atoms with Crippen LogP contribution in [0.1, 0.15) is 36.4 Å². The average Bonchev–Trinajstić information content (AvgIpc) is 3.29. The van der Waals surface area contributed by atoms with Gasteiger partial charge in [-0.2, -0.15) is 0 Å². The number of hydrogen-bond donors (Lipinski definition) is 0. The van der Waals surface area contributed by atoms with Gasteiger partial charge < -0.3 is 14.2 Å². The van der Waals surface area contributed by atoms with Gasteiger partial charge in [0.2, 0.25) is 5.91 Å². The summed E-state index contributed by atoms with van der Waals surface area (Å²) < 4.78 is 10.7. The van der Waals surface area contributed by atoms with Crippen LogP contribution in [0.2, 0.25) is 0 Å². The lowest BCUT2D eigenvalue weighted by molar-refractivity contribution is -0.137. The van der Waals surface area contributed by atoms with Crippen molar-refractivity contribution < 1.29 is 14.1 Å². The largest absolute Gasteiger partial charge is 0.381 e. The number of aryl methyl sites for hydroxylation is 2. The molecule has 0 aromatic carbocycles. The van der Waals surface area contributed by atoms with Crippen LogP contribution in [0.4, 0.5) is 0 Å². The van der Waals surface area contributed by atoms with Crippen LogP contribution in [-0.2, 0) is 16.0 Å². The zero-order valence-electron chi connectivity index (χ0n) is 16.0. The Balaban J connectivity index is 1.46. The third-order valence-electron chi connectivity index (χ3n) is 5.69. The zero-order chi connectivity index (χ0) is 18.8. The van der Waals surface area contributed by atoms with Gasteiger partial charge in [-0.15, -0.1) is 0 Å². The van der Waals surface area contributed by atoms with Crippen molar-refractivity contribution in [1.29, 1.82) is 0 Å². The molecule has 4 heterocycles. The summed E-state index contributed by atoms with van der Waals surface area (Å²) in [6.45, 7) is 6.86. The lowest BCUT2D eigenvalue weighted by Crippen LogP contribution is -2.37. The maximum Gasteiger partial charge on any atom is 0.225 e. The van der Waals surface area contributed by atoms with Gasteiger partial charge in [-0.1, -0.05) is 5.16 Å². The van der Waals surface area contributed by atoms with E-state index in [4.69, 9.17) is 9.26 Å². The summed E-state index contributed by atoms with van der Waals surface area (Å²) in [4.78, 5) is 23.9. The van der Waals surface area contributed by atoms with Crippen molar-refractivity contribution in [3.05, 3.63) is 29.5 Å². The first-order valence-electron chi connectivity index (χ1n) is 9.73. The number of hydrogen-bond acceptors (Lipinski definition) is 6. The summed E-state index contributed by atoms with van der Waals surface area (Å²) in [6, 6.07) is 0. The second-order valence-corrected chi connectivity index (χ2v) is 7.58. The van der Waals surface area contributed by atoms with Crippen LogP contribution in [0.25, 0.3) is 11.3 Å². The molecule has 2 aromatic rings. The number of amides is 1. The fourth-order valence-electron chi connectivity index (χ4n) is 4.22. The van der Waals surface area contributed by atoms with Gasteiger partial charge in [0, 0.05) is 44.6 Å². The van der Waals surface area contributed by atoms with Gasteiger partial charge >= 0.3 is 0 Å². The average molecular weight is 370 g/mol. The van der Waals surface area contributed by atoms with Gasteiger partial charge in [0.25, 0.3) is 0 Å². The number of nitrogens with zero attached hydrogens (tertiary/aromatic N) is 4. The summed E-state index contributed by atoms with van der Waals surface area (Å²) in [5.74, 6) is 1.60. The van der Waals surface area contributed by atoms with Crippen LogP contribution >= 0.6 is 0 Å². The summed E-state index contributed by atoms with van der Waals surface area (Å²) in [5.41, 5.74) is 3.57. The molecule has 0 unspecified atom stereocenters. The quantitative estimate of drug-likeness (QED) is 0.823. The van der Waals surface area contributed by atoms with Crippen LogP contribution in [0.3, 0.4) is 0 Å². The minimum atomic E-state index is 0.131.